The van der Waals surface area contributed by atoms with E-state index in [-0.39, 0.29) is 25.2 Å². The van der Waals surface area contributed by atoms with E-state index in [0.717, 1.165) is 5.56 Å². The molecule has 0 aliphatic heterocycles. The lowest BCUT2D eigenvalue weighted by atomic mass is 9.98. The summed E-state index contributed by atoms with van der Waals surface area (Å²) in [7, 11) is 0. The van der Waals surface area contributed by atoms with Crippen LogP contribution in [0.15, 0.2) is 60.7 Å². The standard InChI is InChI=1S/C29H38N4O7/c1-3-18(2)25(29(39)40)33-28(38)23(17-20-12-8-5-9-13-20)32-27(37)22(14-15-24(34)35)31-26(36)21(30)16-19-10-6-4-7-11-19/h4-13,18,21-23,25H,3,14-17,30H2,1-2H3,(H,31,36)(H,32,37)(H,33,38)(H,34,35)(H,39,40). The van der Waals surface area contributed by atoms with Crippen LogP contribution < -0.4 is 21.7 Å². The molecule has 0 aliphatic rings. The minimum absolute atomic E-state index is 0.0401. The first-order valence-corrected chi connectivity index (χ1v) is 13.2. The van der Waals surface area contributed by atoms with E-state index in [9.17, 15) is 34.2 Å². The van der Waals surface area contributed by atoms with Gasteiger partial charge in [-0.1, -0.05) is 80.9 Å². The second-order valence-corrected chi connectivity index (χ2v) is 9.75. The summed E-state index contributed by atoms with van der Waals surface area (Å²) in [5, 5.41) is 26.4. The van der Waals surface area contributed by atoms with Crippen LogP contribution in [0.1, 0.15) is 44.2 Å². The summed E-state index contributed by atoms with van der Waals surface area (Å²) in [6, 6.07) is 13.2. The van der Waals surface area contributed by atoms with Crippen LogP contribution in [0.2, 0.25) is 0 Å². The van der Waals surface area contributed by atoms with Gasteiger partial charge < -0.3 is 31.9 Å². The van der Waals surface area contributed by atoms with Crippen molar-refractivity contribution in [1.82, 2.24) is 16.0 Å². The van der Waals surface area contributed by atoms with Crippen LogP contribution >= 0.6 is 0 Å². The van der Waals surface area contributed by atoms with Gasteiger partial charge in [-0.3, -0.25) is 19.2 Å². The Hall–Kier alpha value is -4.25. The Bertz CT molecular complexity index is 1140. The molecule has 0 saturated carbocycles. The zero-order valence-electron chi connectivity index (χ0n) is 22.7. The summed E-state index contributed by atoms with van der Waals surface area (Å²) >= 11 is 0. The first kappa shape index (κ1) is 32.0. The van der Waals surface area contributed by atoms with Crippen molar-refractivity contribution in [2.75, 3.05) is 0 Å². The zero-order valence-corrected chi connectivity index (χ0v) is 22.7. The number of carbonyl (C=O) groups excluding carboxylic acids is 3. The van der Waals surface area contributed by atoms with E-state index in [1.54, 1.807) is 68.4 Å². The second kappa shape index (κ2) is 16.0. The zero-order chi connectivity index (χ0) is 29.7. The monoisotopic (exact) mass is 554 g/mol. The molecule has 0 saturated heterocycles. The number of rotatable bonds is 16. The van der Waals surface area contributed by atoms with Crippen molar-refractivity contribution in [2.24, 2.45) is 11.7 Å². The van der Waals surface area contributed by atoms with Crippen molar-refractivity contribution in [1.29, 1.82) is 0 Å². The van der Waals surface area contributed by atoms with Crippen LogP contribution in [0.25, 0.3) is 0 Å². The first-order valence-electron chi connectivity index (χ1n) is 13.2. The van der Waals surface area contributed by atoms with Crippen molar-refractivity contribution in [3.8, 4) is 0 Å². The lowest BCUT2D eigenvalue weighted by molar-refractivity contribution is -0.143. The summed E-state index contributed by atoms with van der Waals surface area (Å²) in [5.74, 6) is -4.89. The first-order chi connectivity index (χ1) is 19.0. The molecule has 5 unspecified atom stereocenters. The summed E-state index contributed by atoms with van der Waals surface area (Å²) in [5.41, 5.74) is 7.56. The maximum Gasteiger partial charge on any atom is 0.326 e. The number of carbonyl (C=O) groups is 5. The van der Waals surface area contributed by atoms with E-state index in [4.69, 9.17) is 5.73 Å². The highest BCUT2D eigenvalue weighted by Gasteiger charge is 2.32. The molecule has 7 N–H and O–H groups in total. The SMILES string of the molecule is CCC(C)C(NC(=O)C(Cc1ccccc1)NC(=O)C(CCC(=O)O)NC(=O)C(N)Cc1ccccc1)C(=O)O. The highest BCUT2D eigenvalue weighted by Crippen LogP contribution is 2.11. The number of carboxylic acids is 2. The molecule has 0 heterocycles. The average molecular weight is 555 g/mol. The number of nitrogens with two attached hydrogens (primary N) is 1. The van der Waals surface area contributed by atoms with E-state index in [0.29, 0.717) is 12.0 Å². The Labute approximate surface area is 233 Å². The van der Waals surface area contributed by atoms with Gasteiger partial charge in [0.2, 0.25) is 17.7 Å². The molecule has 3 amide bonds. The number of hydrogen-bond donors (Lipinski definition) is 6. The van der Waals surface area contributed by atoms with Gasteiger partial charge in [0.1, 0.15) is 18.1 Å². The number of carboxylic acid groups (broad SMARTS) is 2. The molecule has 0 aromatic heterocycles. The lowest BCUT2D eigenvalue weighted by Gasteiger charge is -2.26. The van der Waals surface area contributed by atoms with Crippen LogP contribution in [0, 0.1) is 5.92 Å². The molecule has 11 heteroatoms. The highest BCUT2D eigenvalue weighted by molar-refractivity contribution is 5.94. The Balaban J connectivity index is 2.23. The van der Waals surface area contributed by atoms with E-state index < -0.39 is 60.2 Å². The van der Waals surface area contributed by atoms with Gasteiger partial charge in [0.15, 0.2) is 0 Å². The molecule has 216 valence electrons. The predicted octanol–water partition coefficient (Wildman–Crippen LogP) is 1.25. The van der Waals surface area contributed by atoms with E-state index >= 15 is 0 Å². The normalized spacial score (nSPS) is 14.6. The molecule has 40 heavy (non-hydrogen) atoms. The van der Waals surface area contributed by atoms with Gasteiger partial charge in [0, 0.05) is 12.8 Å². The Morgan fingerprint density at radius 1 is 0.750 bits per heavy atom. The number of hydrogen-bond acceptors (Lipinski definition) is 6. The fraction of sp³-hybridized carbons (Fsp3) is 0.414. The molecule has 2 aromatic rings. The van der Waals surface area contributed by atoms with Gasteiger partial charge in [-0.25, -0.2) is 4.79 Å². The van der Waals surface area contributed by atoms with Crippen LogP contribution in [-0.2, 0) is 36.8 Å². The minimum atomic E-state index is -1.29. The maximum atomic E-state index is 13.3. The van der Waals surface area contributed by atoms with Crippen LogP contribution in [0.3, 0.4) is 0 Å². The molecule has 5 atom stereocenters. The Morgan fingerprint density at radius 2 is 1.25 bits per heavy atom. The van der Waals surface area contributed by atoms with Gasteiger partial charge in [-0.15, -0.1) is 0 Å². The fourth-order valence-corrected chi connectivity index (χ4v) is 4.04. The third-order valence-corrected chi connectivity index (χ3v) is 6.61. The molecule has 0 fully saturated rings. The molecular weight excluding hydrogens is 516 g/mol. The summed E-state index contributed by atoms with van der Waals surface area (Å²) in [4.78, 5) is 62.5. The quantitative estimate of drug-likeness (QED) is 0.179. The van der Waals surface area contributed by atoms with Gasteiger partial charge in [0.25, 0.3) is 0 Å². The second-order valence-electron chi connectivity index (χ2n) is 9.75. The van der Waals surface area contributed by atoms with E-state index in [2.05, 4.69) is 16.0 Å². The smallest absolute Gasteiger partial charge is 0.326 e. The van der Waals surface area contributed by atoms with Crippen LogP contribution in [-0.4, -0.2) is 64.0 Å². The van der Waals surface area contributed by atoms with Crippen molar-refractivity contribution < 1.29 is 34.2 Å². The number of nitrogens with one attached hydrogen (secondary N) is 3. The predicted molar refractivity (Wildman–Crippen MR) is 148 cm³/mol. The summed E-state index contributed by atoms with van der Waals surface area (Å²) in [6.07, 6.45) is 0.0786. The molecular formula is C29H38N4O7. The fourth-order valence-electron chi connectivity index (χ4n) is 4.04. The highest BCUT2D eigenvalue weighted by atomic mass is 16.4. The number of amides is 3. The van der Waals surface area contributed by atoms with Crippen LogP contribution in [0.5, 0.6) is 0 Å². The van der Waals surface area contributed by atoms with E-state index in [1.165, 1.54) is 0 Å². The topological polar surface area (TPSA) is 188 Å². The molecule has 11 nitrogen and oxygen atoms in total. The molecule has 2 rings (SSSR count). The van der Waals surface area contributed by atoms with Crippen molar-refractivity contribution >= 4 is 29.7 Å². The van der Waals surface area contributed by atoms with Gasteiger partial charge >= 0.3 is 11.9 Å². The van der Waals surface area contributed by atoms with Gasteiger partial charge in [-0.05, 0) is 29.9 Å². The Kier molecular flexibility index (Phi) is 12.8. The third-order valence-electron chi connectivity index (χ3n) is 6.61. The number of benzene rings is 2. The summed E-state index contributed by atoms with van der Waals surface area (Å²) < 4.78 is 0. The molecule has 0 radical (unpaired) electrons. The molecule has 2 aromatic carbocycles. The van der Waals surface area contributed by atoms with Crippen LogP contribution in [0.4, 0.5) is 0 Å². The van der Waals surface area contributed by atoms with Gasteiger partial charge in [-0.2, -0.15) is 0 Å². The van der Waals surface area contributed by atoms with Crippen molar-refractivity contribution in [3.63, 3.8) is 0 Å². The summed E-state index contributed by atoms with van der Waals surface area (Å²) in [6.45, 7) is 3.49. The minimum Gasteiger partial charge on any atom is -0.481 e. The van der Waals surface area contributed by atoms with E-state index in [1.807, 2.05) is 6.07 Å². The van der Waals surface area contributed by atoms with Gasteiger partial charge in [0.05, 0.1) is 6.04 Å². The molecule has 0 bridgehead atoms. The molecule has 0 spiro atoms. The largest absolute Gasteiger partial charge is 0.481 e. The Morgan fingerprint density at radius 3 is 1.75 bits per heavy atom. The molecule has 0 aliphatic carbocycles. The number of aliphatic carboxylic acids is 2. The lowest BCUT2D eigenvalue weighted by Crippen LogP contribution is -2.58. The van der Waals surface area contributed by atoms with Crippen molar-refractivity contribution in [2.45, 2.75) is 70.1 Å². The maximum absolute atomic E-state index is 13.3. The average Bonchev–Trinajstić information content (AvgIpc) is 2.93. The van der Waals surface area contributed by atoms with Crippen molar-refractivity contribution in [3.05, 3.63) is 71.8 Å². The third kappa shape index (κ3) is 10.5.